The smallest absolute Gasteiger partial charge is 0.228 e. The van der Waals surface area contributed by atoms with Crippen molar-refractivity contribution >= 4 is 22.4 Å². The number of hydrogen-bond donors (Lipinski definition) is 0. The van der Waals surface area contributed by atoms with E-state index in [1.807, 2.05) is 54.8 Å². The number of thiazole rings is 1. The van der Waals surface area contributed by atoms with Crippen molar-refractivity contribution in [2.45, 2.75) is 19.8 Å². The first-order valence-electron chi connectivity index (χ1n) is 9.70. The molecule has 6 nitrogen and oxygen atoms in total. The van der Waals surface area contributed by atoms with Gasteiger partial charge in [-0.1, -0.05) is 13.0 Å². The van der Waals surface area contributed by atoms with E-state index in [2.05, 4.69) is 0 Å². The minimum absolute atomic E-state index is 0.0473. The van der Waals surface area contributed by atoms with Gasteiger partial charge in [-0.3, -0.25) is 9.69 Å². The Balaban J connectivity index is 1.78. The molecule has 0 aliphatic heterocycles. The summed E-state index contributed by atoms with van der Waals surface area (Å²) in [7, 11) is 4.87. The van der Waals surface area contributed by atoms with Gasteiger partial charge in [-0.25, -0.2) is 4.98 Å². The second-order valence-electron chi connectivity index (χ2n) is 6.58. The highest BCUT2D eigenvalue weighted by Gasteiger charge is 2.18. The number of rotatable bonds is 9. The number of carbonyl (C=O) groups excluding carboxylic acids is 1. The van der Waals surface area contributed by atoms with Gasteiger partial charge in [0, 0.05) is 23.9 Å². The fourth-order valence-corrected chi connectivity index (χ4v) is 3.95. The van der Waals surface area contributed by atoms with Crippen molar-refractivity contribution in [1.29, 1.82) is 0 Å². The minimum Gasteiger partial charge on any atom is -0.497 e. The van der Waals surface area contributed by atoms with Crippen LogP contribution in [0, 0.1) is 0 Å². The molecule has 0 spiro atoms. The van der Waals surface area contributed by atoms with E-state index in [4.69, 9.17) is 19.2 Å². The van der Waals surface area contributed by atoms with Crippen LogP contribution in [0.3, 0.4) is 0 Å². The first-order chi connectivity index (χ1) is 14.6. The molecule has 1 amide bonds. The van der Waals surface area contributed by atoms with E-state index >= 15 is 0 Å². The second kappa shape index (κ2) is 10.1. The molecule has 0 fully saturated rings. The highest BCUT2D eigenvalue weighted by atomic mass is 32.1. The summed E-state index contributed by atoms with van der Waals surface area (Å²) in [5, 5.41) is 2.68. The first kappa shape index (κ1) is 21.6. The third-order valence-corrected chi connectivity index (χ3v) is 5.65. The number of aromatic nitrogens is 1. The molecule has 30 heavy (non-hydrogen) atoms. The summed E-state index contributed by atoms with van der Waals surface area (Å²) in [5.74, 6) is 2.21. The lowest BCUT2D eigenvalue weighted by atomic mass is 10.1. The third kappa shape index (κ3) is 4.91. The van der Waals surface area contributed by atoms with Gasteiger partial charge in [0.05, 0.1) is 27.0 Å². The summed E-state index contributed by atoms with van der Waals surface area (Å²) in [6.07, 6.45) is 1.10. The lowest BCUT2D eigenvalue weighted by Crippen LogP contribution is -2.32. The van der Waals surface area contributed by atoms with Crippen molar-refractivity contribution < 1.29 is 19.0 Å². The number of ether oxygens (including phenoxy) is 3. The summed E-state index contributed by atoms with van der Waals surface area (Å²) in [5.41, 5.74) is 2.90. The zero-order chi connectivity index (χ0) is 21.5. The van der Waals surface area contributed by atoms with E-state index in [0.717, 1.165) is 22.6 Å². The molecule has 0 saturated heterocycles. The highest BCUT2D eigenvalue weighted by Crippen LogP contribution is 2.30. The average Bonchev–Trinajstić information content (AvgIpc) is 3.28. The van der Waals surface area contributed by atoms with Crippen LogP contribution in [-0.2, 0) is 11.2 Å². The SMILES string of the molecule is CCC(=O)N(CCc1ccc(OC)c(OC)c1)c1nc(-c2ccc(OC)cc2)cs1. The van der Waals surface area contributed by atoms with E-state index in [9.17, 15) is 4.79 Å². The molecule has 0 bridgehead atoms. The Labute approximate surface area is 181 Å². The summed E-state index contributed by atoms with van der Waals surface area (Å²) >= 11 is 1.47. The maximum atomic E-state index is 12.6. The molecular formula is C23H26N2O4S. The predicted octanol–water partition coefficient (Wildman–Crippen LogP) is 4.82. The van der Waals surface area contributed by atoms with Gasteiger partial charge in [-0.05, 0) is 48.4 Å². The van der Waals surface area contributed by atoms with Crippen LogP contribution >= 0.6 is 11.3 Å². The summed E-state index contributed by atoms with van der Waals surface area (Å²) < 4.78 is 15.9. The molecule has 3 rings (SSSR count). The standard InChI is InChI=1S/C23H26N2O4S/c1-5-22(26)25(13-12-16-6-11-20(28-3)21(14-16)29-4)23-24-19(15-30-23)17-7-9-18(27-2)10-8-17/h6-11,14-15H,5,12-13H2,1-4H3. The average molecular weight is 427 g/mol. The summed E-state index contributed by atoms with van der Waals surface area (Å²) in [6, 6.07) is 13.5. The highest BCUT2D eigenvalue weighted by molar-refractivity contribution is 7.14. The molecule has 0 aliphatic rings. The van der Waals surface area contributed by atoms with Crippen molar-refractivity contribution in [2.24, 2.45) is 0 Å². The Kier molecular flexibility index (Phi) is 7.30. The minimum atomic E-state index is 0.0473. The number of anilines is 1. The fraction of sp³-hybridized carbons (Fsp3) is 0.304. The number of nitrogens with zero attached hydrogens (tertiary/aromatic N) is 2. The molecule has 0 aliphatic carbocycles. The van der Waals surface area contributed by atoms with Gasteiger partial charge in [0.25, 0.3) is 0 Å². The Morgan fingerprint density at radius 1 is 1.00 bits per heavy atom. The molecule has 1 aromatic heterocycles. The van der Waals surface area contributed by atoms with E-state index in [1.54, 1.807) is 26.2 Å². The summed E-state index contributed by atoms with van der Waals surface area (Å²) in [4.78, 5) is 19.1. The van der Waals surface area contributed by atoms with E-state index < -0.39 is 0 Å². The number of benzene rings is 2. The summed E-state index contributed by atoms with van der Waals surface area (Å²) in [6.45, 7) is 2.40. The van der Waals surface area contributed by atoms with Gasteiger partial charge in [0.15, 0.2) is 16.6 Å². The monoisotopic (exact) mass is 426 g/mol. The number of carbonyl (C=O) groups is 1. The first-order valence-corrected chi connectivity index (χ1v) is 10.6. The van der Waals surface area contributed by atoms with E-state index in [1.165, 1.54) is 11.3 Å². The van der Waals surface area contributed by atoms with Crippen molar-refractivity contribution in [3.05, 3.63) is 53.4 Å². The molecule has 0 atom stereocenters. The van der Waals surface area contributed by atoms with Crippen LogP contribution in [0.1, 0.15) is 18.9 Å². The van der Waals surface area contributed by atoms with E-state index in [0.29, 0.717) is 36.0 Å². The Hall–Kier alpha value is -3.06. The maximum absolute atomic E-state index is 12.6. The van der Waals surface area contributed by atoms with Crippen LogP contribution in [0.2, 0.25) is 0 Å². The molecule has 0 radical (unpaired) electrons. The molecule has 3 aromatic rings. The number of amides is 1. The Morgan fingerprint density at radius 3 is 2.37 bits per heavy atom. The molecule has 158 valence electrons. The van der Waals surface area contributed by atoms with Crippen LogP contribution in [0.4, 0.5) is 5.13 Å². The van der Waals surface area contributed by atoms with Gasteiger partial charge in [0.2, 0.25) is 5.91 Å². The molecule has 0 saturated carbocycles. The number of hydrogen-bond acceptors (Lipinski definition) is 6. The molecule has 7 heteroatoms. The zero-order valence-electron chi connectivity index (χ0n) is 17.7. The van der Waals surface area contributed by atoms with Crippen LogP contribution in [0.15, 0.2) is 47.8 Å². The fourth-order valence-electron chi connectivity index (χ4n) is 3.08. The van der Waals surface area contributed by atoms with Crippen molar-refractivity contribution in [3.63, 3.8) is 0 Å². The molecular weight excluding hydrogens is 400 g/mol. The van der Waals surface area contributed by atoms with E-state index in [-0.39, 0.29) is 5.91 Å². The molecule has 0 N–H and O–H groups in total. The van der Waals surface area contributed by atoms with Gasteiger partial charge in [-0.15, -0.1) is 11.3 Å². The third-order valence-electron chi connectivity index (χ3n) is 4.78. The van der Waals surface area contributed by atoms with Gasteiger partial charge < -0.3 is 14.2 Å². The van der Waals surface area contributed by atoms with Crippen LogP contribution in [0.5, 0.6) is 17.2 Å². The zero-order valence-corrected chi connectivity index (χ0v) is 18.5. The second-order valence-corrected chi connectivity index (χ2v) is 7.42. The quantitative estimate of drug-likeness (QED) is 0.491. The van der Waals surface area contributed by atoms with Gasteiger partial charge in [0.1, 0.15) is 5.75 Å². The molecule has 2 aromatic carbocycles. The largest absolute Gasteiger partial charge is 0.497 e. The Bertz CT molecular complexity index is 985. The van der Waals surface area contributed by atoms with Crippen LogP contribution in [0.25, 0.3) is 11.3 Å². The van der Waals surface area contributed by atoms with Crippen molar-refractivity contribution in [2.75, 3.05) is 32.8 Å². The van der Waals surface area contributed by atoms with Crippen LogP contribution < -0.4 is 19.1 Å². The van der Waals surface area contributed by atoms with Crippen molar-refractivity contribution in [3.8, 4) is 28.5 Å². The molecule has 0 unspecified atom stereocenters. The lowest BCUT2D eigenvalue weighted by Gasteiger charge is -2.19. The predicted molar refractivity (Wildman–Crippen MR) is 120 cm³/mol. The molecule has 1 heterocycles. The van der Waals surface area contributed by atoms with Crippen molar-refractivity contribution in [1.82, 2.24) is 4.98 Å². The lowest BCUT2D eigenvalue weighted by molar-refractivity contribution is -0.118. The normalized spacial score (nSPS) is 10.5. The topological polar surface area (TPSA) is 60.9 Å². The Morgan fingerprint density at radius 2 is 1.73 bits per heavy atom. The maximum Gasteiger partial charge on any atom is 0.228 e. The van der Waals surface area contributed by atoms with Gasteiger partial charge in [-0.2, -0.15) is 0 Å². The van der Waals surface area contributed by atoms with Crippen LogP contribution in [-0.4, -0.2) is 38.8 Å². The van der Waals surface area contributed by atoms with Gasteiger partial charge >= 0.3 is 0 Å². The number of methoxy groups -OCH3 is 3.